The molecule has 1 aromatic carbocycles. The summed E-state index contributed by atoms with van der Waals surface area (Å²) >= 11 is 5.91. The van der Waals surface area contributed by atoms with E-state index in [-0.39, 0.29) is 33.7 Å². The van der Waals surface area contributed by atoms with Gasteiger partial charge in [0, 0.05) is 0 Å². The Bertz CT molecular complexity index is 739. The van der Waals surface area contributed by atoms with Gasteiger partial charge in [0.15, 0.2) is 17.2 Å². The van der Waals surface area contributed by atoms with Crippen LogP contribution in [-0.2, 0) is 0 Å². The molecule has 2 rings (SSSR count). The molecule has 0 saturated carbocycles. The van der Waals surface area contributed by atoms with E-state index in [4.69, 9.17) is 20.9 Å². The highest BCUT2D eigenvalue weighted by molar-refractivity contribution is 6.32. The number of hydrogen-bond donors (Lipinski definition) is 1. The number of aromatic hydroxyl groups is 1. The van der Waals surface area contributed by atoms with E-state index in [2.05, 4.69) is 5.16 Å². The number of aryl methyl sites for hydroxylation is 1. The number of halogens is 1. The van der Waals surface area contributed by atoms with Crippen LogP contribution in [-0.4, -0.2) is 21.8 Å². The molecule has 0 bridgehead atoms. The first kappa shape index (κ1) is 15.8. The molecular formula is C14H13ClN2O5. The van der Waals surface area contributed by atoms with E-state index in [9.17, 15) is 15.2 Å². The minimum atomic E-state index is -0.555. The van der Waals surface area contributed by atoms with Gasteiger partial charge in [0.05, 0.1) is 16.6 Å². The van der Waals surface area contributed by atoms with E-state index in [0.717, 1.165) is 0 Å². The van der Waals surface area contributed by atoms with E-state index in [1.54, 1.807) is 19.1 Å². The van der Waals surface area contributed by atoms with Gasteiger partial charge in [-0.25, -0.2) is 0 Å². The van der Waals surface area contributed by atoms with Crippen molar-refractivity contribution in [1.82, 2.24) is 5.16 Å². The number of ether oxygens (including phenoxy) is 1. The summed E-state index contributed by atoms with van der Waals surface area (Å²) in [5, 5.41) is 24.4. The van der Waals surface area contributed by atoms with Crippen LogP contribution in [0.3, 0.4) is 0 Å². The summed E-state index contributed by atoms with van der Waals surface area (Å²) in [6, 6.07) is 3.07. The highest BCUT2D eigenvalue weighted by Crippen LogP contribution is 2.36. The Labute approximate surface area is 130 Å². The molecule has 116 valence electrons. The summed E-state index contributed by atoms with van der Waals surface area (Å²) in [4.78, 5) is 10.4. The van der Waals surface area contributed by atoms with Crippen LogP contribution in [0.1, 0.15) is 23.9 Å². The molecular weight excluding hydrogens is 312 g/mol. The maximum absolute atomic E-state index is 11.0. The monoisotopic (exact) mass is 324 g/mol. The SMILES string of the molecule is CCOc1cc(/C=C/c2onc(C)c2[N+](=O)[O-])cc(Cl)c1O. The van der Waals surface area contributed by atoms with Crippen molar-refractivity contribution in [2.24, 2.45) is 0 Å². The van der Waals surface area contributed by atoms with Crippen molar-refractivity contribution in [3.8, 4) is 11.5 Å². The molecule has 0 radical (unpaired) electrons. The predicted molar refractivity (Wildman–Crippen MR) is 81.1 cm³/mol. The van der Waals surface area contributed by atoms with Gasteiger partial charge in [-0.15, -0.1) is 0 Å². The fraction of sp³-hybridized carbons (Fsp3) is 0.214. The van der Waals surface area contributed by atoms with Gasteiger partial charge in [0.1, 0.15) is 0 Å². The van der Waals surface area contributed by atoms with E-state index in [0.29, 0.717) is 12.2 Å². The average molecular weight is 325 g/mol. The third-order valence-electron chi connectivity index (χ3n) is 2.82. The number of phenols is 1. The third-order valence-corrected chi connectivity index (χ3v) is 3.11. The molecule has 8 heteroatoms. The van der Waals surface area contributed by atoms with E-state index in [1.165, 1.54) is 19.1 Å². The zero-order valence-corrected chi connectivity index (χ0v) is 12.6. The fourth-order valence-corrected chi connectivity index (χ4v) is 2.06. The summed E-state index contributed by atoms with van der Waals surface area (Å²) in [5.41, 5.74) is 0.601. The maximum Gasteiger partial charge on any atom is 0.338 e. The Balaban J connectivity index is 2.37. The number of aromatic nitrogens is 1. The lowest BCUT2D eigenvalue weighted by Crippen LogP contribution is -1.92. The Kier molecular flexibility index (Phi) is 4.67. The smallest absolute Gasteiger partial charge is 0.338 e. The van der Waals surface area contributed by atoms with Crippen molar-refractivity contribution < 1.29 is 19.3 Å². The van der Waals surface area contributed by atoms with Gasteiger partial charge in [-0.05, 0) is 37.6 Å². The van der Waals surface area contributed by atoms with E-state index >= 15 is 0 Å². The minimum absolute atomic E-state index is 0.0321. The minimum Gasteiger partial charge on any atom is -0.503 e. The molecule has 0 amide bonds. The standard InChI is InChI=1S/C14H13ClN2O5/c1-3-21-12-7-9(6-10(15)14(12)18)4-5-11-13(17(19)20)8(2)16-22-11/h4-7,18H,3H2,1-2H3/b5-4+. The molecule has 1 aromatic heterocycles. The topological polar surface area (TPSA) is 98.6 Å². The summed E-state index contributed by atoms with van der Waals surface area (Å²) in [5.74, 6) is 0.115. The molecule has 0 aliphatic rings. The lowest BCUT2D eigenvalue weighted by atomic mass is 10.1. The van der Waals surface area contributed by atoms with Crippen molar-refractivity contribution >= 4 is 29.4 Å². The Morgan fingerprint density at radius 1 is 1.50 bits per heavy atom. The van der Waals surface area contributed by atoms with Crippen LogP contribution in [0.25, 0.3) is 12.2 Å². The van der Waals surface area contributed by atoms with Gasteiger partial charge >= 0.3 is 5.69 Å². The second-order valence-corrected chi connectivity index (χ2v) is 4.76. The lowest BCUT2D eigenvalue weighted by molar-refractivity contribution is -0.386. The maximum atomic E-state index is 11.0. The summed E-state index contributed by atoms with van der Waals surface area (Å²) in [6.07, 6.45) is 2.97. The Morgan fingerprint density at radius 2 is 2.23 bits per heavy atom. The van der Waals surface area contributed by atoms with Crippen LogP contribution in [0.5, 0.6) is 11.5 Å². The molecule has 22 heavy (non-hydrogen) atoms. The van der Waals surface area contributed by atoms with E-state index in [1.807, 2.05) is 0 Å². The normalized spacial score (nSPS) is 11.0. The van der Waals surface area contributed by atoms with Crippen molar-refractivity contribution in [2.45, 2.75) is 13.8 Å². The number of benzene rings is 1. The molecule has 0 saturated heterocycles. The summed E-state index contributed by atoms with van der Waals surface area (Å²) < 4.78 is 10.2. The van der Waals surface area contributed by atoms with Crippen molar-refractivity contribution in [3.63, 3.8) is 0 Å². The van der Waals surface area contributed by atoms with Crippen LogP contribution in [0.4, 0.5) is 5.69 Å². The predicted octanol–water partition coefficient (Wildman–Crippen LogP) is 3.82. The zero-order chi connectivity index (χ0) is 16.3. The second kappa shape index (κ2) is 6.48. The third kappa shape index (κ3) is 3.20. The lowest BCUT2D eigenvalue weighted by Gasteiger charge is -2.08. The first-order valence-electron chi connectivity index (χ1n) is 6.38. The van der Waals surface area contributed by atoms with Crippen molar-refractivity contribution in [1.29, 1.82) is 0 Å². The molecule has 0 aliphatic carbocycles. The fourth-order valence-electron chi connectivity index (χ4n) is 1.84. The summed E-state index contributed by atoms with van der Waals surface area (Å²) in [6.45, 7) is 3.63. The average Bonchev–Trinajstić information content (AvgIpc) is 2.83. The van der Waals surface area contributed by atoms with Gasteiger partial charge in [-0.3, -0.25) is 10.1 Å². The molecule has 1 N–H and O–H groups in total. The largest absolute Gasteiger partial charge is 0.503 e. The van der Waals surface area contributed by atoms with Crippen molar-refractivity contribution in [3.05, 3.63) is 44.3 Å². The first-order valence-corrected chi connectivity index (χ1v) is 6.75. The van der Waals surface area contributed by atoms with Gasteiger partial charge in [0.25, 0.3) is 0 Å². The number of phenolic OH excluding ortho intramolecular Hbond substituents is 1. The van der Waals surface area contributed by atoms with Crippen molar-refractivity contribution in [2.75, 3.05) is 6.61 Å². The molecule has 0 spiro atoms. The highest BCUT2D eigenvalue weighted by Gasteiger charge is 2.22. The van der Waals surface area contributed by atoms with Gasteiger partial charge in [0.2, 0.25) is 5.76 Å². The van der Waals surface area contributed by atoms with Gasteiger partial charge < -0.3 is 14.4 Å². The number of nitro groups is 1. The number of rotatable bonds is 5. The molecule has 0 unspecified atom stereocenters. The van der Waals surface area contributed by atoms with Crippen LogP contribution < -0.4 is 4.74 Å². The van der Waals surface area contributed by atoms with Gasteiger partial charge in [-0.1, -0.05) is 22.8 Å². The quantitative estimate of drug-likeness (QED) is 0.663. The Hall–Kier alpha value is -2.54. The van der Waals surface area contributed by atoms with Crippen LogP contribution in [0.15, 0.2) is 16.7 Å². The molecule has 0 fully saturated rings. The summed E-state index contributed by atoms with van der Waals surface area (Å²) in [7, 11) is 0. The van der Waals surface area contributed by atoms with E-state index < -0.39 is 4.92 Å². The molecule has 1 heterocycles. The highest BCUT2D eigenvalue weighted by atomic mass is 35.5. The van der Waals surface area contributed by atoms with Crippen LogP contribution >= 0.6 is 11.6 Å². The number of nitrogens with zero attached hydrogens (tertiary/aromatic N) is 2. The number of hydrogen-bond acceptors (Lipinski definition) is 6. The van der Waals surface area contributed by atoms with Crippen LogP contribution in [0.2, 0.25) is 5.02 Å². The van der Waals surface area contributed by atoms with Crippen LogP contribution in [0, 0.1) is 17.0 Å². The molecule has 0 atom stereocenters. The zero-order valence-electron chi connectivity index (χ0n) is 11.9. The molecule has 7 nitrogen and oxygen atoms in total. The molecule has 2 aromatic rings. The first-order chi connectivity index (χ1) is 10.4. The molecule has 0 aliphatic heterocycles. The second-order valence-electron chi connectivity index (χ2n) is 4.35. The Morgan fingerprint density at radius 3 is 2.86 bits per heavy atom. The van der Waals surface area contributed by atoms with Gasteiger partial charge in [-0.2, -0.15) is 0 Å².